The monoisotopic (exact) mass is 155 g/mol. The van der Waals surface area contributed by atoms with Gasteiger partial charge in [-0.3, -0.25) is 0 Å². The van der Waals surface area contributed by atoms with Crippen LogP contribution in [-0.2, 0) is 0 Å². The first kappa shape index (κ1) is 6.06. The SMILES string of the molecule is [S]C(Cl)(Cl)C1CC1. The van der Waals surface area contributed by atoms with Crippen LogP contribution in [0.2, 0.25) is 0 Å². The summed E-state index contributed by atoms with van der Waals surface area (Å²) in [5.41, 5.74) is 0. The maximum absolute atomic E-state index is 5.51. The minimum absolute atomic E-state index is 0.394. The molecule has 0 spiro atoms. The highest BCUT2D eigenvalue weighted by Gasteiger charge is 2.39. The molecule has 1 saturated carbocycles. The first-order chi connectivity index (χ1) is 3.11. The fourth-order valence-corrected chi connectivity index (χ4v) is 1.09. The Hall–Kier alpha value is 0.930. The van der Waals surface area contributed by atoms with Gasteiger partial charge in [0.25, 0.3) is 0 Å². The third-order valence-corrected chi connectivity index (χ3v) is 2.00. The van der Waals surface area contributed by atoms with Crippen molar-refractivity contribution in [2.24, 2.45) is 5.92 Å². The van der Waals surface area contributed by atoms with E-state index in [2.05, 4.69) is 0 Å². The minimum atomic E-state index is -0.861. The van der Waals surface area contributed by atoms with Gasteiger partial charge in [0.2, 0.25) is 0 Å². The van der Waals surface area contributed by atoms with E-state index in [9.17, 15) is 0 Å². The van der Waals surface area contributed by atoms with Gasteiger partial charge in [-0.15, -0.1) is 0 Å². The molecule has 0 atom stereocenters. The van der Waals surface area contributed by atoms with Crippen molar-refractivity contribution < 1.29 is 0 Å². The molecular weight excluding hydrogens is 151 g/mol. The second kappa shape index (κ2) is 1.71. The number of alkyl halides is 2. The van der Waals surface area contributed by atoms with Gasteiger partial charge in [0, 0.05) is 5.92 Å². The van der Waals surface area contributed by atoms with Crippen LogP contribution in [-0.4, -0.2) is 3.67 Å². The maximum atomic E-state index is 5.51. The number of halogens is 2. The lowest BCUT2D eigenvalue weighted by atomic mass is 10.5. The molecule has 0 aromatic heterocycles. The third kappa shape index (κ3) is 1.71. The van der Waals surface area contributed by atoms with Crippen molar-refractivity contribution in [2.45, 2.75) is 16.5 Å². The lowest BCUT2D eigenvalue weighted by molar-refractivity contribution is 0.892. The summed E-state index contributed by atoms with van der Waals surface area (Å²) in [6, 6.07) is 0. The van der Waals surface area contributed by atoms with Crippen LogP contribution in [0.4, 0.5) is 0 Å². The highest BCUT2D eigenvalue weighted by Crippen LogP contribution is 2.48. The van der Waals surface area contributed by atoms with Crippen molar-refractivity contribution in [3.8, 4) is 0 Å². The van der Waals surface area contributed by atoms with Crippen LogP contribution >= 0.6 is 35.8 Å². The third-order valence-electron chi connectivity index (χ3n) is 1.05. The van der Waals surface area contributed by atoms with Crippen molar-refractivity contribution in [2.75, 3.05) is 0 Å². The zero-order valence-electron chi connectivity index (χ0n) is 3.66. The Bertz CT molecular complexity index is 72.2. The van der Waals surface area contributed by atoms with Gasteiger partial charge in [-0.25, -0.2) is 0 Å². The summed E-state index contributed by atoms with van der Waals surface area (Å²) >= 11 is 15.7. The molecule has 0 amide bonds. The number of rotatable bonds is 1. The van der Waals surface area contributed by atoms with Crippen molar-refractivity contribution in [1.29, 1.82) is 0 Å². The Balaban J connectivity index is 2.36. The zero-order valence-corrected chi connectivity index (χ0v) is 5.98. The Morgan fingerprint density at radius 2 is 1.86 bits per heavy atom. The average molecular weight is 156 g/mol. The number of hydrogen-bond acceptors (Lipinski definition) is 0. The summed E-state index contributed by atoms with van der Waals surface area (Å²) in [5, 5.41) is 0. The van der Waals surface area contributed by atoms with E-state index in [1.54, 1.807) is 0 Å². The average Bonchev–Trinajstić information content (AvgIpc) is 1.99. The van der Waals surface area contributed by atoms with E-state index >= 15 is 0 Å². The molecule has 1 rings (SSSR count). The standard InChI is InChI=1S/C4H5Cl2S/c5-4(6,7)3-1-2-3/h3H,1-2H2. The van der Waals surface area contributed by atoms with Gasteiger partial charge in [0.05, 0.1) is 0 Å². The van der Waals surface area contributed by atoms with Crippen LogP contribution in [0.1, 0.15) is 12.8 Å². The van der Waals surface area contributed by atoms with E-state index in [0.717, 1.165) is 12.8 Å². The van der Waals surface area contributed by atoms with Crippen LogP contribution in [0.25, 0.3) is 0 Å². The van der Waals surface area contributed by atoms with Crippen LogP contribution in [0.15, 0.2) is 0 Å². The Labute approximate surface area is 58.6 Å². The van der Waals surface area contributed by atoms with Gasteiger partial charge in [-0.1, -0.05) is 35.8 Å². The molecule has 0 heterocycles. The second-order valence-electron chi connectivity index (χ2n) is 1.84. The molecule has 7 heavy (non-hydrogen) atoms. The fourth-order valence-electron chi connectivity index (χ4n) is 0.419. The van der Waals surface area contributed by atoms with E-state index in [1.807, 2.05) is 0 Å². The normalized spacial score (nSPS) is 22.7. The van der Waals surface area contributed by atoms with E-state index in [4.69, 9.17) is 35.8 Å². The summed E-state index contributed by atoms with van der Waals surface area (Å²) in [5.74, 6) is 0.394. The van der Waals surface area contributed by atoms with Gasteiger partial charge >= 0.3 is 0 Å². The van der Waals surface area contributed by atoms with Crippen LogP contribution < -0.4 is 0 Å². The van der Waals surface area contributed by atoms with Crippen molar-refractivity contribution >= 4 is 35.8 Å². The molecular formula is C4H5Cl2S. The Kier molecular flexibility index (Phi) is 1.48. The van der Waals surface area contributed by atoms with Crippen LogP contribution in [0.3, 0.4) is 0 Å². The maximum Gasteiger partial charge on any atom is 0.175 e. The molecule has 0 aliphatic heterocycles. The molecule has 0 saturated heterocycles. The predicted octanol–water partition coefficient (Wildman–Crippen LogP) is 2.73. The Morgan fingerprint density at radius 1 is 1.43 bits per heavy atom. The molecule has 0 nitrogen and oxygen atoms in total. The van der Waals surface area contributed by atoms with E-state index in [0.29, 0.717) is 5.92 Å². The van der Waals surface area contributed by atoms with E-state index in [-0.39, 0.29) is 0 Å². The molecule has 1 aliphatic rings. The van der Waals surface area contributed by atoms with Crippen LogP contribution in [0, 0.1) is 5.92 Å². The lowest BCUT2D eigenvalue weighted by Gasteiger charge is -2.06. The van der Waals surface area contributed by atoms with E-state index in [1.165, 1.54) is 0 Å². The van der Waals surface area contributed by atoms with Gasteiger partial charge in [-0.05, 0) is 12.8 Å². The molecule has 1 radical (unpaired) electrons. The summed E-state index contributed by atoms with van der Waals surface area (Å²) in [7, 11) is 0. The van der Waals surface area contributed by atoms with Crippen molar-refractivity contribution in [3.63, 3.8) is 0 Å². The summed E-state index contributed by atoms with van der Waals surface area (Å²) < 4.78 is -0.861. The molecule has 0 aromatic rings. The first-order valence-corrected chi connectivity index (χ1v) is 3.35. The number of hydrogen-bond donors (Lipinski definition) is 0. The first-order valence-electron chi connectivity index (χ1n) is 2.19. The molecule has 0 bridgehead atoms. The molecule has 3 heteroatoms. The Morgan fingerprint density at radius 3 is 1.86 bits per heavy atom. The smallest absolute Gasteiger partial charge is 0.0882 e. The second-order valence-corrected chi connectivity index (χ2v) is 4.31. The molecule has 0 unspecified atom stereocenters. The van der Waals surface area contributed by atoms with Gasteiger partial charge in [-0.2, -0.15) is 0 Å². The van der Waals surface area contributed by atoms with Crippen molar-refractivity contribution in [3.05, 3.63) is 0 Å². The summed E-state index contributed by atoms with van der Waals surface area (Å²) in [4.78, 5) is 0. The quantitative estimate of drug-likeness (QED) is 0.512. The minimum Gasteiger partial charge on any atom is -0.0882 e. The highest BCUT2D eigenvalue weighted by atomic mass is 35.5. The van der Waals surface area contributed by atoms with Gasteiger partial charge < -0.3 is 0 Å². The molecule has 1 aliphatic carbocycles. The zero-order chi connectivity index (χ0) is 5.49. The largest absolute Gasteiger partial charge is 0.175 e. The van der Waals surface area contributed by atoms with Crippen LogP contribution in [0.5, 0.6) is 0 Å². The fraction of sp³-hybridized carbons (Fsp3) is 1.00. The van der Waals surface area contributed by atoms with Gasteiger partial charge in [0.1, 0.15) is 0 Å². The molecule has 1 fully saturated rings. The lowest BCUT2D eigenvalue weighted by Crippen LogP contribution is -2.03. The molecule has 0 aromatic carbocycles. The summed E-state index contributed by atoms with van der Waals surface area (Å²) in [6.45, 7) is 0. The van der Waals surface area contributed by atoms with Gasteiger partial charge in [0.15, 0.2) is 3.67 Å². The molecule has 0 N–H and O–H groups in total. The predicted molar refractivity (Wildman–Crippen MR) is 34.8 cm³/mol. The molecule has 41 valence electrons. The highest BCUT2D eigenvalue weighted by molar-refractivity contribution is 7.85. The van der Waals surface area contributed by atoms with E-state index < -0.39 is 3.67 Å². The van der Waals surface area contributed by atoms with Crippen molar-refractivity contribution in [1.82, 2.24) is 0 Å². The summed E-state index contributed by atoms with van der Waals surface area (Å²) in [6.07, 6.45) is 2.22. The topological polar surface area (TPSA) is 0 Å².